The number of phenolic OH excluding ortho intramolecular Hbond substituents is 1. The summed E-state index contributed by atoms with van der Waals surface area (Å²) in [7, 11) is 0. The zero-order chi connectivity index (χ0) is 11.5. The van der Waals surface area contributed by atoms with Gasteiger partial charge in [-0.25, -0.2) is 8.78 Å². The lowest BCUT2D eigenvalue weighted by Crippen LogP contribution is -2.29. The molecule has 0 aliphatic heterocycles. The van der Waals surface area contributed by atoms with Gasteiger partial charge >= 0.3 is 12.3 Å². The molecule has 0 unspecified atom stereocenters. The first-order chi connectivity index (χ1) is 6.92. The smallest absolute Gasteiger partial charge is 0.316 e. The van der Waals surface area contributed by atoms with Crippen molar-refractivity contribution in [3.8, 4) is 5.75 Å². The van der Waals surface area contributed by atoms with Crippen LogP contribution in [0.2, 0.25) is 0 Å². The maximum atomic E-state index is 12.5. The van der Waals surface area contributed by atoms with Crippen LogP contribution in [-0.4, -0.2) is 23.2 Å². The number of benzene rings is 1. The maximum Gasteiger partial charge on any atom is 0.316 e. The van der Waals surface area contributed by atoms with Crippen LogP contribution < -0.4 is 0 Å². The topological polar surface area (TPSA) is 20.2 Å². The van der Waals surface area contributed by atoms with Crippen molar-refractivity contribution >= 4 is 11.8 Å². The van der Waals surface area contributed by atoms with Crippen molar-refractivity contribution in [3.63, 3.8) is 0 Å². The van der Waals surface area contributed by atoms with Gasteiger partial charge in [-0.15, -0.1) is 11.8 Å². The molecular weight excluding hydrogens is 232 g/mol. The fourth-order valence-corrected chi connectivity index (χ4v) is 1.68. The Morgan fingerprint density at radius 1 is 1.33 bits per heavy atom. The average Bonchev–Trinajstić information content (AvgIpc) is 2.15. The highest BCUT2D eigenvalue weighted by atomic mass is 32.2. The predicted octanol–water partition coefficient (Wildman–Crippen LogP) is 3.38. The molecule has 0 fully saturated rings. The quantitative estimate of drug-likeness (QED) is 0.643. The molecule has 0 bridgehead atoms. The molecule has 0 saturated carbocycles. The van der Waals surface area contributed by atoms with Gasteiger partial charge in [-0.3, -0.25) is 0 Å². The van der Waals surface area contributed by atoms with E-state index in [1.54, 1.807) is 0 Å². The Morgan fingerprint density at radius 3 is 2.53 bits per heavy atom. The summed E-state index contributed by atoms with van der Waals surface area (Å²) in [5.74, 6) is -5.09. The fraction of sp³-hybridized carbons (Fsp3) is 0.333. The van der Waals surface area contributed by atoms with Crippen LogP contribution >= 0.6 is 11.8 Å². The van der Waals surface area contributed by atoms with Crippen LogP contribution in [0.15, 0.2) is 29.2 Å². The van der Waals surface area contributed by atoms with Crippen molar-refractivity contribution < 1.29 is 22.7 Å². The van der Waals surface area contributed by atoms with E-state index in [0.29, 0.717) is 16.7 Å². The molecule has 0 aromatic heterocycles. The van der Waals surface area contributed by atoms with Crippen molar-refractivity contribution in [2.24, 2.45) is 0 Å². The minimum absolute atomic E-state index is 0.0830. The summed E-state index contributed by atoms with van der Waals surface area (Å²) < 4.78 is 48.6. The maximum absolute atomic E-state index is 12.5. The molecule has 6 heteroatoms. The van der Waals surface area contributed by atoms with E-state index in [4.69, 9.17) is 5.11 Å². The molecule has 84 valence electrons. The molecule has 1 aromatic carbocycles. The number of alkyl halides is 4. The van der Waals surface area contributed by atoms with E-state index in [0.717, 1.165) is 0 Å². The van der Waals surface area contributed by atoms with Crippen molar-refractivity contribution in [2.45, 2.75) is 17.2 Å². The number of halogens is 4. The van der Waals surface area contributed by atoms with Gasteiger partial charge in [0.05, 0.1) is 5.75 Å². The molecule has 1 nitrogen and oxygen atoms in total. The van der Waals surface area contributed by atoms with Crippen LogP contribution in [0.1, 0.15) is 0 Å². The van der Waals surface area contributed by atoms with Gasteiger partial charge in [-0.1, -0.05) is 6.07 Å². The highest BCUT2D eigenvalue weighted by Gasteiger charge is 2.40. The van der Waals surface area contributed by atoms with Gasteiger partial charge in [0, 0.05) is 4.90 Å². The second-order valence-electron chi connectivity index (χ2n) is 2.85. The number of aromatic hydroxyl groups is 1. The van der Waals surface area contributed by atoms with Crippen LogP contribution in [0.5, 0.6) is 5.75 Å². The molecular formula is C9H8F4OS. The van der Waals surface area contributed by atoms with Crippen LogP contribution in [0.25, 0.3) is 0 Å². The molecule has 0 saturated heterocycles. The largest absolute Gasteiger partial charge is 0.508 e. The molecule has 0 atom stereocenters. The monoisotopic (exact) mass is 240 g/mol. The Labute approximate surface area is 88.1 Å². The van der Waals surface area contributed by atoms with Crippen molar-refractivity contribution in [2.75, 3.05) is 5.75 Å². The average molecular weight is 240 g/mol. The third-order valence-electron chi connectivity index (χ3n) is 1.57. The normalized spacial score (nSPS) is 12.1. The van der Waals surface area contributed by atoms with E-state index < -0.39 is 18.1 Å². The Kier molecular flexibility index (Phi) is 3.84. The minimum atomic E-state index is -4.00. The van der Waals surface area contributed by atoms with Crippen molar-refractivity contribution in [3.05, 3.63) is 24.3 Å². The van der Waals surface area contributed by atoms with Gasteiger partial charge in [-0.05, 0) is 18.2 Å². The molecule has 1 N–H and O–H groups in total. The highest BCUT2D eigenvalue weighted by molar-refractivity contribution is 7.99. The number of hydrogen-bond donors (Lipinski definition) is 1. The Bertz CT molecular complexity index is 330. The van der Waals surface area contributed by atoms with Crippen LogP contribution in [0.3, 0.4) is 0 Å². The SMILES string of the molecule is Oc1cccc(SCC(F)(F)C(F)F)c1. The third kappa shape index (κ3) is 3.62. The first-order valence-corrected chi connectivity index (χ1v) is 4.98. The Balaban J connectivity index is 2.57. The lowest BCUT2D eigenvalue weighted by atomic mass is 10.3. The lowest BCUT2D eigenvalue weighted by molar-refractivity contribution is -0.109. The van der Waals surface area contributed by atoms with Gasteiger partial charge in [0.25, 0.3) is 0 Å². The molecule has 1 aromatic rings. The van der Waals surface area contributed by atoms with E-state index in [2.05, 4.69) is 0 Å². The van der Waals surface area contributed by atoms with Crippen molar-refractivity contribution in [1.82, 2.24) is 0 Å². The van der Waals surface area contributed by atoms with Gasteiger partial charge in [-0.2, -0.15) is 8.78 Å². The summed E-state index contributed by atoms with van der Waals surface area (Å²) in [6, 6.07) is 5.53. The lowest BCUT2D eigenvalue weighted by Gasteiger charge is -2.14. The van der Waals surface area contributed by atoms with E-state index in [-0.39, 0.29) is 5.75 Å². The molecule has 0 aliphatic carbocycles. The fourth-order valence-electron chi connectivity index (χ4n) is 0.816. The zero-order valence-corrected chi connectivity index (χ0v) is 8.28. The Morgan fingerprint density at radius 2 is 2.00 bits per heavy atom. The molecule has 15 heavy (non-hydrogen) atoms. The van der Waals surface area contributed by atoms with Gasteiger partial charge in [0.15, 0.2) is 0 Å². The van der Waals surface area contributed by atoms with Crippen LogP contribution in [0.4, 0.5) is 17.6 Å². The standard InChI is InChI=1S/C9H8F4OS/c10-8(11)9(12,13)5-15-7-3-1-2-6(14)4-7/h1-4,8,14H,5H2. The van der Waals surface area contributed by atoms with Gasteiger partial charge in [0.2, 0.25) is 0 Å². The molecule has 0 heterocycles. The van der Waals surface area contributed by atoms with Crippen LogP contribution in [-0.2, 0) is 0 Å². The summed E-state index contributed by atoms with van der Waals surface area (Å²) in [4.78, 5) is 0.329. The number of rotatable bonds is 4. The van der Waals surface area contributed by atoms with Crippen molar-refractivity contribution in [1.29, 1.82) is 0 Å². The van der Waals surface area contributed by atoms with Crippen LogP contribution in [0, 0.1) is 0 Å². The predicted molar refractivity (Wildman–Crippen MR) is 49.8 cm³/mol. The summed E-state index contributed by atoms with van der Waals surface area (Å²) in [5, 5.41) is 9.00. The second kappa shape index (κ2) is 4.74. The van der Waals surface area contributed by atoms with E-state index in [9.17, 15) is 17.6 Å². The summed E-state index contributed by atoms with van der Waals surface area (Å²) >= 11 is 0.580. The second-order valence-corrected chi connectivity index (χ2v) is 3.90. The minimum Gasteiger partial charge on any atom is -0.508 e. The van der Waals surface area contributed by atoms with E-state index >= 15 is 0 Å². The number of phenols is 1. The Hall–Kier alpha value is -0.910. The molecule has 0 amide bonds. The molecule has 0 radical (unpaired) electrons. The molecule has 1 rings (SSSR count). The molecule has 0 spiro atoms. The van der Waals surface area contributed by atoms with Gasteiger partial charge in [0.1, 0.15) is 5.75 Å². The van der Waals surface area contributed by atoms with E-state index in [1.807, 2.05) is 0 Å². The number of hydrogen-bond acceptors (Lipinski definition) is 2. The number of thioether (sulfide) groups is 1. The highest BCUT2D eigenvalue weighted by Crippen LogP contribution is 2.31. The zero-order valence-electron chi connectivity index (χ0n) is 7.46. The summed E-state index contributed by atoms with van der Waals surface area (Å²) in [6.45, 7) is 0. The first-order valence-electron chi connectivity index (χ1n) is 3.99. The molecule has 0 aliphatic rings. The third-order valence-corrected chi connectivity index (χ3v) is 2.68. The first kappa shape index (κ1) is 12.2. The van der Waals surface area contributed by atoms with E-state index in [1.165, 1.54) is 24.3 Å². The summed E-state index contributed by atoms with van der Waals surface area (Å²) in [6.07, 6.45) is -3.66. The summed E-state index contributed by atoms with van der Waals surface area (Å²) in [5.41, 5.74) is 0. The van der Waals surface area contributed by atoms with Gasteiger partial charge < -0.3 is 5.11 Å².